The van der Waals surface area contributed by atoms with Crippen LogP contribution in [-0.4, -0.2) is 0 Å². The number of benzene rings is 3. The molecule has 0 spiro atoms. The Labute approximate surface area is 139 Å². The average Bonchev–Trinajstić information content (AvgIpc) is 2.54. The summed E-state index contributed by atoms with van der Waals surface area (Å²) in [4.78, 5) is 0. The van der Waals surface area contributed by atoms with Gasteiger partial charge in [0.15, 0.2) is 0 Å². The van der Waals surface area contributed by atoms with E-state index in [1.165, 1.54) is 33.4 Å². The summed E-state index contributed by atoms with van der Waals surface area (Å²) in [6.07, 6.45) is 0. The minimum atomic E-state index is 0.132. The molecule has 0 N–H and O–H groups in total. The first-order valence-electron chi connectivity index (χ1n) is 8.22. The highest BCUT2D eigenvalue weighted by atomic mass is 14.2. The van der Waals surface area contributed by atoms with E-state index >= 15 is 0 Å². The normalized spacial score (nSPS) is 11.5. The number of aryl methyl sites for hydroxylation is 1. The van der Waals surface area contributed by atoms with E-state index in [0.717, 1.165) is 0 Å². The summed E-state index contributed by atoms with van der Waals surface area (Å²) in [6, 6.07) is 26.2. The molecule has 0 aromatic heterocycles. The second kappa shape index (κ2) is 6.04. The largest absolute Gasteiger partial charge is 0.0622 e. The third kappa shape index (κ3) is 3.37. The summed E-state index contributed by atoms with van der Waals surface area (Å²) in [7, 11) is 0. The Morgan fingerprint density at radius 2 is 1.22 bits per heavy atom. The second-order valence-corrected chi connectivity index (χ2v) is 7.25. The molecule has 0 unspecified atom stereocenters. The van der Waals surface area contributed by atoms with Crippen LogP contribution in [0.1, 0.15) is 31.9 Å². The topological polar surface area (TPSA) is 0 Å². The van der Waals surface area contributed by atoms with E-state index in [0.29, 0.717) is 0 Å². The molecule has 0 saturated heterocycles. The molecule has 0 radical (unpaired) electrons. The fraction of sp³-hybridized carbons (Fsp3) is 0.217. The summed E-state index contributed by atoms with van der Waals surface area (Å²) in [5.41, 5.74) is 8.01. The molecule has 0 heteroatoms. The molecule has 0 saturated carbocycles. The molecular formula is C23H24. The highest BCUT2D eigenvalue weighted by Gasteiger charge is 2.18. The zero-order valence-electron chi connectivity index (χ0n) is 14.4. The van der Waals surface area contributed by atoms with Gasteiger partial charge in [0.2, 0.25) is 0 Å². The predicted molar refractivity (Wildman–Crippen MR) is 101 cm³/mol. The van der Waals surface area contributed by atoms with Crippen LogP contribution in [0.4, 0.5) is 0 Å². The van der Waals surface area contributed by atoms with Gasteiger partial charge in [-0.1, -0.05) is 87.5 Å². The Hall–Kier alpha value is -2.34. The molecule has 3 aromatic carbocycles. The molecule has 3 rings (SSSR count). The van der Waals surface area contributed by atoms with Gasteiger partial charge in [-0.3, -0.25) is 0 Å². The van der Waals surface area contributed by atoms with Crippen LogP contribution in [0.3, 0.4) is 0 Å². The molecule has 0 bridgehead atoms. The van der Waals surface area contributed by atoms with Gasteiger partial charge >= 0.3 is 0 Å². The Balaban J connectivity index is 2.18. The van der Waals surface area contributed by atoms with Crippen molar-refractivity contribution in [2.75, 3.05) is 0 Å². The molecule has 0 atom stereocenters. The van der Waals surface area contributed by atoms with Crippen LogP contribution in [-0.2, 0) is 5.41 Å². The van der Waals surface area contributed by atoms with Crippen molar-refractivity contribution in [3.05, 3.63) is 83.9 Å². The highest BCUT2D eigenvalue weighted by Crippen LogP contribution is 2.35. The third-order valence-corrected chi connectivity index (χ3v) is 4.23. The van der Waals surface area contributed by atoms with Gasteiger partial charge in [-0.15, -0.1) is 0 Å². The van der Waals surface area contributed by atoms with Crippen LogP contribution in [0.25, 0.3) is 22.3 Å². The monoisotopic (exact) mass is 300 g/mol. The molecule has 0 amide bonds. The van der Waals surface area contributed by atoms with Gasteiger partial charge in [0.1, 0.15) is 0 Å². The standard InChI is InChI=1S/C23H24/c1-17-14-19(18-10-6-5-7-11-18)16-20(15-17)21-12-8-9-13-22(21)23(2,3)4/h5-16H,1-4H3. The lowest BCUT2D eigenvalue weighted by molar-refractivity contribution is 0.592. The van der Waals surface area contributed by atoms with E-state index in [4.69, 9.17) is 0 Å². The molecule has 0 heterocycles. The molecule has 0 aliphatic heterocycles. The van der Waals surface area contributed by atoms with E-state index in [1.807, 2.05) is 0 Å². The SMILES string of the molecule is Cc1cc(-c2ccccc2)cc(-c2ccccc2C(C)(C)C)c1. The lowest BCUT2D eigenvalue weighted by Crippen LogP contribution is -2.12. The molecule has 0 aliphatic rings. The third-order valence-electron chi connectivity index (χ3n) is 4.23. The van der Waals surface area contributed by atoms with Crippen LogP contribution in [0, 0.1) is 6.92 Å². The first-order valence-corrected chi connectivity index (χ1v) is 8.22. The first-order chi connectivity index (χ1) is 10.9. The summed E-state index contributed by atoms with van der Waals surface area (Å²) in [6.45, 7) is 9.01. The lowest BCUT2D eigenvalue weighted by Gasteiger charge is -2.23. The second-order valence-electron chi connectivity index (χ2n) is 7.25. The van der Waals surface area contributed by atoms with Crippen molar-refractivity contribution >= 4 is 0 Å². The molecular weight excluding hydrogens is 276 g/mol. The van der Waals surface area contributed by atoms with Crippen LogP contribution in [0.15, 0.2) is 72.8 Å². The van der Waals surface area contributed by atoms with Gasteiger partial charge in [0.25, 0.3) is 0 Å². The quantitative estimate of drug-likeness (QED) is 0.498. The van der Waals surface area contributed by atoms with Crippen molar-refractivity contribution in [3.8, 4) is 22.3 Å². The Morgan fingerprint density at radius 1 is 0.609 bits per heavy atom. The minimum absolute atomic E-state index is 0.132. The van der Waals surface area contributed by atoms with Crippen LogP contribution in [0.5, 0.6) is 0 Å². The van der Waals surface area contributed by atoms with Crippen molar-refractivity contribution in [2.24, 2.45) is 0 Å². The Morgan fingerprint density at radius 3 is 1.91 bits per heavy atom. The molecule has 0 nitrogen and oxygen atoms in total. The van der Waals surface area contributed by atoms with Gasteiger partial charge in [0.05, 0.1) is 0 Å². The van der Waals surface area contributed by atoms with Gasteiger partial charge in [-0.2, -0.15) is 0 Å². The van der Waals surface area contributed by atoms with E-state index in [2.05, 4.69) is 100 Å². The van der Waals surface area contributed by atoms with Gasteiger partial charge < -0.3 is 0 Å². The first kappa shape index (κ1) is 15.6. The molecule has 3 aromatic rings. The lowest BCUT2D eigenvalue weighted by atomic mass is 9.81. The zero-order chi connectivity index (χ0) is 16.4. The van der Waals surface area contributed by atoms with Crippen molar-refractivity contribution in [3.63, 3.8) is 0 Å². The van der Waals surface area contributed by atoms with Crippen molar-refractivity contribution in [1.29, 1.82) is 0 Å². The summed E-state index contributed by atoms with van der Waals surface area (Å²) in [5, 5.41) is 0. The molecule has 0 fully saturated rings. The van der Waals surface area contributed by atoms with E-state index < -0.39 is 0 Å². The maximum absolute atomic E-state index is 2.31. The molecule has 0 aliphatic carbocycles. The minimum Gasteiger partial charge on any atom is -0.0622 e. The summed E-state index contributed by atoms with van der Waals surface area (Å²) < 4.78 is 0. The maximum atomic E-state index is 2.31. The van der Waals surface area contributed by atoms with E-state index in [-0.39, 0.29) is 5.41 Å². The van der Waals surface area contributed by atoms with Gasteiger partial charge in [0, 0.05) is 0 Å². The van der Waals surface area contributed by atoms with E-state index in [9.17, 15) is 0 Å². The Kier molecular flexibility index (Phi) is 4.09. The predicted octanol–water partition coefficient (Wildman–Crippen LogP) is 6.63. The average molecular weight is 300 g/mol. The fourth-order valence-corrected chi connectivity index (χ4v) is 3.12. The van der Waals surface area contributed by atoms with Crippen molar-refractivity contribution in [2.45, 2.75) is 33.1 Å². The highest BCUT2D eigenvalue weighted by molar-refractivity contribution is 5.76. The van der Waals surface area contributed by atoms with Gasteiger partial charge in [-0.25, -0.2) is 0 Å². The van der Waals surface area contributed by atoms with E-state index in [1.54, 1.807) is 0 Å². The molecule has 23 heavy (non-hydrogen) atoms. The van der Waals surface area contributed by atoms with Gasteiger partial charge in [-0.05, 0) is 51.8 Å². The summed E-state index contributed by atoms with van der Waals surface area (Å²) in [5.74, 6) is 0. The smallest absolute Gasteiger partial charge is 0.0126 e. The zero-order valence-corrected chi connectivity index (χ0v) is 14.4. The van der Waals surface area contributed by atoms with Crippen LogP contribution >= 0.6 is 0 Å². The van der Waals surface area contributed by atoms with Crippen molar-refractivity contribution in [1.82, 2.24) is 0 Å². The number of hydrogen-bond acceptors (Lipinski definition) is 0. The Bertz CT molecular complexity index is 805. The van der Waals surface area contributed by atoms with Crippen LogP contribution < -0.4 is 0 Å². The number of hydrogen-bond donors (Lipinski definition) is 0. The molecule has 116 valence electrons. The van der Waals surface area contributed by atoms with Crippen LogP contribution in [0.2, 0.25) is 0 Å². The number of rotatable bonds is 2. The van der Waals surface area contributed by atoms with Crippen molar-refractivity contribution < 1.29 is 0 Å². The summed E-state index contributed by atoms with van der Waals surface area (Å²) >= 11 is 0. The fourth-order valence-electron chi connectivity index (χ4n) is 3.12. The maximum Gasteiger partial charge on any atom is -0.0126 e.